The van der Waals surface area contributed by atoms with E-state index in [1.165, 1.54) is 6.07 Å². The zero-order valence-electron chi connectivity index (χ0n) is 7.29. The first-order valence-corrected chi connectivity index (χ1v) is 4.37. The zero-order valence-corrected chi connectivity index (χ0v) is 7.29. The summed E-state index contributed by atoms with van der Waals surface area (Å²) in [5, 5.41) is 0. The van der Waals surface area contributed by atoms with Gasteiger partial charge in [-0.3, -0.25) is 0 Å². The van der Waals surface area contributed by atoms with Crippen LogP contribution in [0.25, 0.3) is 0 Å². The normalized spacial score (nSPS) is 19.1. The van der Waals surface area contributed by atoms with Crippen LogP contribution in [-0.4, -0.2) is 0 Å². The topological polar surface area (TPSA) is 0 Å². The van der Waals surface area contributed by atoms with Gasteiger partial charge in [-0.15, -0.1) is 0 Å². The Morgan fingerprint density at radius 1 is 1.14 bits per heavy atom. The molecule has 0 unspecified atom stereocenters. The maximum Gasteiger partial charge on any atom is 0.276 e. The summed E-state index contributed by atoms with van der Waals surface area (Å²) in [6.45, 7) is 0. The molecule has 0 aromatic heterocycles. The van der Waals surface area contributed by atoms with Crippen LogP contribution in [0.15, 0.2) is 12.1 Å². The molecule has 76 valence electrons. The van der Waals surface area contributed by atoms with Gasteiger partial charge in [0.05, 0.1) is 5.56 Å². The van der Waals surface area contributed by atoms with E-state index in [2.05, 4.69) is 0 Å². The molecule has 0 saturated carbocycles. The molecule has 0 amide bonds. The van der Waals surface area contributed by atoms with Crippen molar-refractivity contribution in [1.29, 1.82) is 0 Å². The molecule has 0 bridgehead atoms. The molecule has 0 nitrogen and oxygen atoms in total. The highest BCUT2D eigenvalue weighted by atomic mass is 19.3. The molecule has 0 atom stereocenters. The highest BCUT2D eigenvalue weighted by Crippen LogP contribution is 2.41. The van der Waals surface area contributed by atoms with Gasteiger partial charge in [-0.05, 0) is 24.5 Å². The average Bonchev–Trinajstić information content (AvgIpc) is 2.10. The van der Waals surface area contributed by atoms with Crippen molar-refractivity contribution in [2.45, 2.75) is 25.2 Å². The molecule has 0 aliphatic heterocycles. The van der Waals surface area contributed by atoms with Crippen LogP contribution in [0, 0.1) is 11.6 Å². The lowest BCUT2D eigenvalue weighted by atomic mass is 9.88. The van der Waals surface area contributed by atoms with Crippen LogP contribution in [0.4, 0.5) is 17.6 Å². The van der Waals surface area contributed by atoms with Gasteiger partial charge in [-0.1, -0.05) is 6.07 Å². The van der Waals surface area contributed by atoms with E-state index in [0.29, 0.717) is 12.8 Å². The van der Waals surface area contributed by atoms with Gasteiger partial charge in [-0.25, -0.2) is 17.6 Å². The lowest BCUT2D eigenvalue weighted by Crippen LogP contribution is -2.23. The van der Waals surface area contributed by atoms with E-state index < -0.39 is 29.5 Å². The molecule has 0 radical (unpaired) electrons. The number of fused-ring (bicyclic) bond motifs is 1. The number of hydrogen-bond donors (Lipinski definition) is 0. The van der Waals surface area contributed by atoms with Crippen LogP contribution < -0.4 is 0 Å². The van der Waals surface area contributed by atoms with Crippen LogP contribution in [-0.2, 0) is 12.3 Å². The Morgan fingerprint density at radius 3 is 2.57 bits per heavy atom. The summed E-state index contributed by atoms with van der Waals surface area (Å²) in [5.74, 6) is -5.82. The molecule has 1 aliphatic carbocycles. The fraction of sp³-hybridized carbons (Fsp3) is 0.400. The zero-order chi connectivity index (χ0) is 10.3. The second-order valence-electron chi connectivity index (χ2n) is 3.45. The van der Waals surface area contributed by atoms with Gasteiger partial charge in [-0.2, -0.15) is 0 Å². The van der Waals surface area contributed by atoms with E-state index >= 15 is 0 Å². The summed E-state index contributed by atoms with van der Waals surface area (Å²) in [6, 6.07) is 2.14. The van der Waals surface area contributed by atoms with Crippen LogP contribution in [0.1, 0.15) is 24.0 Å². The quantitative estimate of drug-likeness (QED) is 0.568. The minimum atomic E-state index is -3.22. The van der Waals surface area contributed by atoms with Crippen molar-refractivity contribution in [2.75, 3.05) is 0 Å². The predicted molar refractivity (Wildman–Crippen MR) is 43.2 cm³/mol. The summed E-state index contributed by atoms with van der Waals surface area (Å²) in [7, 11) is 0. The Hall–Kier alpha value is -1.06. The first kappa shape index (κ1) is 9.49. The van der Waals surface area contributed by atoms with Crippen molar-refractivity contribution < 1.29 is 17.6 Å². The molecule has 1 aliphatic rings. The molecule has 1 aromatic carbocycles. The number of hydrogen-bond acceptors (Lipinski definition) is 0. The van der Waals surface area contributed by atoms with Gasteiger partial charge < -0.3 is 0 Å². The number of aryl methyl sites for hydroxylation is 1. The van der Waals surface area contributed by atoms with Crippen molar-refractivity contribution in [2.24, 2.45) is 0 Å². The number of benzene rings is 1. The SMILES string of the molecule is Fc1ccc2c(c1F)C(F)(F)CCC2. The summed E-state index contributed by atoms with van der Waals surface area (Å²) < 4.78 is 52.3. The van der Waals surface area contributed by atoms with E-state index in [1.807, 2.05) is 0 Å². The van der Waals surface area contributed by atoms with Crippen LogP contribution in [0.5, 0.6) is 0 Å². The third kappa shape index (κ3) is 1.29. The molecule has 0 spiro atoms. The van der Waals surface area contributed by atoms with Crippen molar-refractivity contribution in [3.63, 3.8) is 0 Å². The monoisotopic (exact) mass is 204 g/mol. The second kappa shape index (κ2) is 2.97. The summed E-state index contributed by atoms with van der Waals surface area (Å²) >= 11 is 0. The van der Waals surface area contributed by atoms with E-state index in [4.69, 9.17) is 0 Å². The number of alkyl halides is 2. The van der Waals surface area contributed by atoms with Gasteiger partial charge in [0, 0.05) is 6.42 Å². The lowest BCUT2D eigenvalue weighted by Gasteiger charge is -2.25. The third-order valence-electron chi connectivity index (χ3n) is 2.48. The van der Waals surface area contributed by atoms with E-state index in [0.717, 1.165) is 6.07 Å². The van der Waals surface area contributed by atoms with E-state index in [-0.39, 0.29) is 5.56 Å². The molecular formula is C10H8F4. The molecule has 14 heavy (non-hydrogen) atoms. The molecular weight excluding hydrogens is 196 g/mol. The first-order chi connectivity index (χ1) is 6.52. The fourth-order valence-electron chi connectivity index (χ4n) is 1.82. The average molecular weight is 204 g/mol. The molecule has 4 heteroatoms. The van der Waals surface area contributed by atoms with Crippen molar-refractivity contribution >= 4 is 0 Å². The molecule has 1 aromatic rings. The Labute approximate surface area is 78.5 Å². The van der Waals surface area contributed by atoms with Gasteiger partial charge in [0.2, 0.25) is 0 Å². The van der Waals surface area contributed by atoms with Crippen LogP contribution in [0.3, 0.4) is 0 Å². The maximum absolute atomic E-state index is 13.2. The Morgan fingerprint density at radius 2 is 1.86 bits per heavy atom. The Kier molecular flexibility index (Phi) is 2.01. The Balaban J connectivity index is 2.66. The minimum Gasteiger partial charge on any atom is -0.204 e. The van der Waals surface area contributed by atoms with Gasteiger partial charge in [0.15, 0.2) is 11.6 Å². The lowest BCUT2D eigenvalue weighted by molar-refractivity contribution is -0.0257. The smallest absolute Gasteiger partial charge is 0.204 e. The maximum atomic E-state index is 13.2. The van der Waals surface area contributed by atoms with Crippen molar-refractivity contribution in [3.05, 3.63) is 34.9 Å². The number of halogens is 4. The van der Waals surface area contributed by atoms with Gasteiger partial charge >= 0.3 is 0 Å². The molecule has 0 N–H and O–H groups in total. The van der Waals surface area contributed by atoms with Gasteiger partial charge in [0.1, 0.15) is 0 Å². The number of rotatable bonds is 0. The summed E-state index contributed by atoms with van der Waals surface area (Å²) in [4.78, 5) is 0. The van der Waals surface area contributed by atoms with E-state index in [1.54, 1.807) is 0 Å². The van der Waals surface area contributed by atoms with Crippen LogP contribution >= 0.6 is 0 Å². The largest absolute Gasteiger partial charge is 0.276 e. The molecule has 2 rings (SSSR count). The summed E-state index contributed by atoms with van der Waals surface area (Å²) in [5.41, 5.74) is -0.524. The molecule has 0 saturated heterocycles. The first-order valence-electron chi connectivity index (χ1n) is 4.37. The van der Waals surface area contributed by atoms with Crippen LogP contribution in [0.2, 0.25) is 0 Å². The standard InChI is InChI=1S/C10H8F4/c11-7-4-3-6-2-1-5-10(13,14)8(6)9(7)12/h3-4H,1-2,5H2. The predicted octanol–water partition coefficient (Wildman–Crippen LogP) is 3.39. The minimum absolute atomic E-state index is 0.222. The highest BCUT2D eigenvalue weighted by molar-refractivity contribution is 5.35. The summed E-state index contributed by atoms with van der Waals surface area (Å²) in [6.07, 6.45) is 0.299. The molecule has 0 heterocycles. The second-order valence-corrected chi connectivity index (χ2v) is 3.45. The van der Waals surface area contributed by atoms with Crippen molar-refractivity contribution in [1.82, 2.24) is 0 Å². The highest BCUT2D eigenvalue weighted by Gasteiger charge is 2.40. The Bertz CT molecular complexity index is 371. The molecule has 0 fully saturated rings. The van der Waals surface area contributed by atoms with Gasteiger partial charge in [0.25, 0.3) is 5.92 Å². The van der Waals surface area contributed by atoms with Crippen molar-refractivity contribution in [3.8, 4) is 0 Å². The third-order valence-corrected chi connectivity index (χ3v) is 2.48. The fourth-order valence-corrected chi connectivity index (χ4v) is 1.82. The van der Waals surface area contributed by atoms with E-state index in [9.17, 15) is 17.6 Å².